The molecule has 0 saturated heterocycles. The molecule has 0 amide bonds. The molecule has 0 aromatic heterocycles. The van der Waals surface area contributed by atoms with Gasteiger partial charge in [-0.2, -0.15) is 0 Å². The van der Waals surface area contributed by atoms with Gasteiger partial charge in [-0.15, -0.1) is 5.16 Å². The van der Waals surface area contributed by atoms with Crippen LogP contribution in [0.2, 0.25) is 10.0 Å². The average molecular weight is 445 g/mol. The smallest absolute Gasteiger partial charge is 0.156 e. The predicted octanol–water partition coefficient (Wildman–Crippen LogP) is 6.11. The third kappa shape index (κ3) is 10.3. The predicted molar refractivity (Wildman–Crippen MR) is 107 cm³/mol. The molecule has 146 valence electrons. The lowest BCUT2D eigenvalue weighted by Crippen LogP contribution is -2.02. The summed E-state index contributed by atoms with van der Waals surface area (Å²) in [6, 6.07) is 3.25. The van der Waals surface area contributed by atoms with E-state index in [0.29, 0.717) is 47.8 Å². The second-order valence-corrected chi connectivity index (χ2v) is 6.95. The van der Waals surface area contributed by atoms with Crippen LogP contribution in [0, 0.1) is 0 Å². The van der Waals surface area contributed by atoms with E-state index < -0.39 is 0 Å². The lowest BCUT2D eigenvalue weighted by molar-refractivity contribution is 0.135. The van der Waals surface area contributed by atoms with Crippen molar-refractivity contribution in [1.82, 2.24) is 0 Å². The van der Waals surface area contributed by atoms with Crippen molar-refractivity contribution in [1.29, 1.82) is 0 Å². The normalized spacial score (nSPS) is 10.9. The van der Waals surface area contributed by atoms with Gasteiger partial charge in [-0.3, -0.25) is 0 Å². The van der Waals surface area contributed by atoms with Gasteiger partial charge in [0.05, 0.1) is 23.3 Å². The second-order valence-electron chi connectivity index (χ2n) is 5.13. The van der Waals surface area contributed by atoms with E-state index in [2.05, 4.69) is 5.16 Å². The molecule has 0 saturated carbocycles. The Morgan fingerprint density at radius 1 is 1.00 bits per heavy atom. The lowest BCUT2D eigenvalue weighted by Gasteiger charge is -2.12. The number of unbranched alkanes of at least 4 members (excludes halogenated alkanes) is 2. The van der Waals surface area contributed by atoms with Crippen LogP contribution in [0.25, 0.3) is 0 Å². The Kier molecular flexibility index (Phi) is 12.7. The van der Waals surface area contributed by atoms with Crippen molar-refractivity contribution >= 4 is 52.6 Å². The fraction of sp³-hybridized carbons (Fsp3) is 0.471. The molecule has 0 aliphatic heterocycles. The van der Waals surface area contributed by atoms with Crippen LogP contribution in [0.5, 0.6) is 11.5 Å². The molecule has 0 aliphatic rings. The Labute approximate surface area is 173 Å². The first kappa shape index (κ1) is 23.2. The molecule has 0 unspecified atom stereocenters. The third-order valence-electron chi connectivity index (χ3n) is 3.11. The van der Waals surface area contributed by atoms with E-state index in [1.54, 1.807) is 12.1 Å². The monoisotopic (exact) mass is 443 g/mol. The van der Waals surface area contributed by atoms with Crippen LogP contribution in [-0.2, 0) is 4.74 Å². The van der Waals surface area contributed by atoms with E-state index in [9.17, 15) is 0 Å². The van der Waals surface area contributed by atoms with E-state index >= 15 is 0 Å². The molecule has 9 heteroatoms. The van der Waals surface area contributed by atoms with E-state index in [4.69, 9.17) is 65.8 Å². The van der Waals surface area contributed by atoms with Crippen molar-refractivity contribution in [2.75, 3.05) is 26.4 Å². The van der Waals surface area contributed by atoms with Gasteiger partial charge < -0.3 is 19.4 Å². The number of hydrogen-bond donors (Lipinski definition) is 1. The van der Waals surface area contributed by atoms with Gasteiger partial charge >= 0.3 is 0 Å². The van der Waals surface area contributed by atoms with E-state index in [1.807, 2.05) is 0 Å². The minimum absolute atomic E-state index is 0.131. The molecule has 0 aliphatic carbocycles. The number of nitrogens with zero attached hydrogens (tertiary/aromatic N) is 1. The van der Waals surface area contributed by atoms with Crippen molar-refractivity contribution in [3.63, 3.8) is 0 Å². The van der Waals surface area contributed by atoms with Gasteiger partial charge in [-0.25, -0.2) is 0 Å². The molecule has 0 fully saturated rings. The molecule has 0 atom stereocenters. The zero-order valence-electron chi connectivity index (χ0n) is 14.1. The van der Waals surface area contributed by atoms with Gasteiger partial charge in [0.15, 0.2) is 5.75 Å². The van der Waals surface area contributed by atoms with Gasteiger partial charge in [0, 0.05) is 31.4 Å². The van der Waals surface area contributed by atoms with Gasteiger partial charge in [0.1, 0.15) is 16.8 Å². The highest BCUT2D eigenvalue weighted by Gasteiger charge is 2.10. The first-order chi connectivity index (χ1) is 12.5. The SMILES string of the molecule is O/N=C/CCOCCCCCOc1c(Cl)cc(OCC=C(Cl)Cl)cc1Cl. The number of halogens is 4. The standard InChI is InChI=1S/C17H21Cl4NO4/c18-14-11-13(25-10-5-16(20)21)12-15(19)17(14)26-9-3-1-2-7-24-8-4-6-22-23/h5-6,11-12,23H,1-4,7-10H2/b22-6+. The summed E-state index contributed by atoms with van der Waals surface area (Å²) in [6.07, 6.45) is 6.25. The Morgan fingerprint density at radius 3 is 2.35 bits per heavy atom. The molecule has 1 N–H and O–H groups in total. The van der Waals surface area contributed by atoms with Crippen LogP contribution in [0.15, 0.2) is 27.9 Å². The average Bonchev–Trinajstić information content (AvgIpc) is 2.58. The first-order valence-corrected chi connectivity index (χ1v) is 9.55. The molecule has 1 aromatic carbocycles. The summed E-state index contributed by atoms with van der Waals surface area (Å²) < 4.78 is 16.6. The molecular weight excluding hydrogens is 424 g/mol. The van der Waals surface area contributed by atoms with Crippen molar-refractivity contribution in [3.05, 3.63) is 32.7 Å². The summed E-state index contributed by atoms with van der Waals surface area (Å²) in [5.74, 6) is 0.938. The molecule has 5 nitrogen and oxygen atoms in total. The van der Waals surface area contributed by atoms with Crippen LogP contribution < -0.4 is 9.47 Å². The molecule has 0 spiro atoms. The summed E-state index contributed by atoms with van der Waals surface area (Å²) in [4.78, 5) is 0. The summed E-state index contributed by atoms with van der Waals surface area (Å²) in [5, 5.41) is 11.9. The number of hydrogen-bond acceptors (Lipinski definition) is 5. The van der Waals surface area contributed by atoms with Crippen LogP contribution in [0.1, 0.15) is 25.7 Å². The van der Waals surface area contributed by atoms with Gasteiger partial charge in [0.25, 0.3) is 0 Å². The Bertz CT molecular complexity index is 569. The number of benzene rings is 1. The highest BCUT2D eigenvalue weighted by molar-refractivity contribution is 6.55. The zero-order chi connectivity index (χ0) is 19.2. The zero-order valence-corrected chi connectivity index (χ0v) is 17.1. The van der Waals surface area contributed by atoms with Crippen LogP contribution >= 0.6 is 46.4 Å². The molecule has 0 bridgehead atoms. The minimum atomic E-state index is 0.131. The van der Waals surface area contributed by atoms with Gasteiger partial charge in [-0.1, -0.05) is 46.4 Å². The largest absolute Gasteiger partial charge is 0.490 e. The molecule has 1 rings (SSSR count). The summed E-state index contributed by atoms with van der Waals surface area (Å²) in [7, 11) is 0. The van der Waals surface area contributed by atoms with Crippen LogP contribution in [0.4, 0.5) is 0 Å². The maximum Gasteiger partial charge on any atom is 0.156 e. The highest BCUT2D eigenvalue weighted by atomic mass is 35.5. The molecule has 26 heavy (non-hydrogen) atoms. The van der Waals surface area contributed by atoms with Crippen molar-refractivity contribution < 1.29 is 19.4 Å². The summed E-state index contributed by atoms with van der Waals surface area (Å²) >= 11 is 23.4. The Morgan fingerprint density at radius 2 is 1.69 bits per heavy atom. The van der Waals surface area contributed by atoms with E-state index in [1.165, 1.54) is 12.3 Å². The van der Waals surface area contributed by atoms with Gasteiger partial charge in [-0.05, 0) is 25.3 Å². The topological polar surface area (TPSA) is 60.3 Å². The van der Waals surface area contributed by atoms with Crippen LogP contribution in [-0.4, -0.2) is 37.8 Å². The quantitative estimate of drug-likeness (QED) is 0.172. The molecular formula is C17H21Cl4NO4. The van der Waals surface area contributed by atoms with Crippen molar-refractivity contribution in [3.8, 4) is 11.5 Å². The molecule has 0 heterocycles. The van der Waals surface area contributed by atoms with Crippen molar-refractivity contribution in [2.45, 2.75) is 25.7 Å². The first-order valence-electron chi connectivity index (χ1n) is 8.04. The summed E-state index contributed by atoms with van der Waals surface area (Å²) in [5.41, 5.74) is 0. The lowest BCUT2D eigenvalue weighted by atomic mass is 10.2. The fourth-order valence-corrected chi connectivity index (χ4v) is 2.61. The maximum atomic E-state index is 8.23. The van der Waals surface area contributed by atoms with Gasteiger partial charge in [0.2, 0.25) is 0 Å². The van der Waals surface area contributed by atoms with Crippen molar-refractivity contribution in [2.24, 2.45) is 5.16 Å². The number of rotatable bonds is 13. The van der Waals surface area contributed by atoms with Crippen LogP contribution in [0.3, 0.4) is 0 Å². The van der Waals surface area contributed by atoms with E-state index in [0.717, 1.165) is 19.3 Å². The molecule has 0 radical (unpaired) electrons. The maximum absolute atomic E-state index is 8.23. The number of ether oxygens (including phenoxy) is 3. The Balaban J connectivity index is 2.27. The second kappa shape index (κ2) is 14.2. The Hall–Kier alpha value is -0.850. The molecule has 1 aromatic rings. The fourth-order valence-electron chi connectivity index (χ4n) is 1.91. The minimum Gasteiger partial charge on any atom is -0.490 e. The number of oxime groups is 1. The third-order valence-corrected chi connectivity index (χ3v) is 3.98. The highest BCUT2D eigenvalue weighted by Crippen LogP contribution is 2.37. The summed E-state index contributed by atoms with van der Waals surface area (Å²) in [6.45, 7) is 1.92. The van der Waals surface area contributed by atoms with E-state index in [-0.39, 0.29) is 11.1 Å².